The van der Waals surface area contributed by atoms with E-state index in [1.165, 1.54) is 0 Å². The van der Waals surface area contributed by atoms with Gasteiger partial charge in [0, 0.05) is 19.8 Å². The molecule has 0 aromatic rings. The van der Waals surface area contributed by atoms with Crippen LogP contribution in [0.25, 0.3) is 0 Å². The summed E-state index contributed by atoms with van der Waals surface area (Å²) in [5.74, 6) is -0.0438. The third kappa shape index (κ3) is 3.19. The lowest BCUT2D eigenvalue weighted by atomic mass is 9.86. The highest BCUT2D eigenvalue weighted by Crippen LogP contribution is 2.31. The number of methoxy groups -OCH3 is 1. The molecule has 1 fully saturated rings. The van der Waals surface area contributed by atoms with Crippen molar-refractivity contribution in [1.29, 1.82) is 0 Å². The van der Waals surface area contributed by atoms with Crippen LogP contribution in [0, 0.1) is 5.92 Å². The largest absolute Gasteiger partial charge is 0.480 e. The molecule has 100 valence electrons. The van der Waals surface area contributed by atoms with Crippen molar-refractivity contribution >= 4 is 5.97 Å². The van der Waals surface area contributed by atoms with Gasteiger partial charge in [-0.15, -0.1) is 0 Å². The Labute approximate surface area is 104 Å². The Morgan fingerprint density at radius 1 is 1.53 bits per heavy atom. The average molecular weight is 243 g/mol. The molecule has 1 heterocycles. The van der Waals surface area contributed by atoms with E-state index in [4.69, 9.17) is 4.74 Å². The molecule has 1 aliphatic heterocycles. The van der Waals surface area contributed by atoms with Gasteiger partial charge >= 0.3 is 5.97 Å². The quantitative estimate of drug-likeness (QED) is 0.802. The molecule has 0 spiro atoms. The van der Waals surface area contributed by atoms with Crippen molar-refractivity contribution in [3.8, 4) is 0 Å². The van der Waals surface area contributed by atoms with Crippen LogP contribution in [0.4, 0.5) is 0 Å². The summed E-state index contributed by atoms with van der Waals surface area (Å²) >= 11 is 0. The van der Waals surface area contributed by atoms with Gasteiger partial charge in [-0.3, -0.25) is 9.69 Å². The monoisotopic (exact) mass is 243 g/mol. The van der Waals surface area contributed by atoms with Crippen LogP contribution in [-0.2, 0) is 9.53 Å². The number of likely N-dealkylation sites (tertiary alicyclic amines) is 1. The van der Waals surface area contributed by atoms with Crippen molar-refractivity contribution in [3.63, 3.8) is 0 Å². The van der Waals surface area contributed by atoms with E-state index in [0.717, 1.165) is 19.4 Å². The van der Waals surface area contributed by atoms with Crippen LogP contribution in [0.15, 0.2) is 0 Å². The second-order valence-electron chi connectivity index (χ2n) is 5.49. The van der Waals surface area contributed by atoms with Crippen LogP contribution in [0.2, 0.25) is 0 Å². The normalized spacial score (nSPS) is 29.9. The number of piperidine rings is 1. The lowest BCUT2D eigenvalue weighted by molar-refractivity contribution is -0.155. The topological polar surface area (TPSA) is 49.8 Å². The molecule has 0 aliphatic carbocycles. The van der Waals surface area contributed by atoms with Crippen molar-refractivity contribution in [2.24, 2.45) is 5.92 Å². The third-order valence-corrected chi connectivity index (χ3v) is 4.03. The van der Waals surface area contributed by atoms with Gasteiger partial charge < -0.3 is 9.84 Å². The van der Waals surface area contributed by atoms with Crippen molar-refractivity contribution in [2.45, 2.75) is 51.6 Å². The maximum atomic E-state index is 11.6. The molecule has 1 N–H and O–H groups in total. The van der Waals surface area contributed by atoms with Gasteiger partial charge in [-0.2, -0.15) is 0 Å². The zero-order valence-corrected chi connectivity index (χ0v) is 11.4. The summed E-state index contributed by atoms with van der Waals surface area (Å²) in [6.45, 7) is 7.54. The van der Waals surface area contributed by atoms with E-state index in [9.17, 15) is 9.90 Å². The Hall–Kier alpha value is -0.610. The average Bonchev–Trinajstić information content (AvgIpc) is 2.25. The molecule has 1 aliphatic rings. The van der Waals surface area contributed by atoms with Gasteiger partial charge in [0.25, 0.3) is 0 Å². The molecule has 3 unspecified atom stereocenters. The highest BCUT2D eigenvalue weighted by Gasteiger charge is 2.43. The summed E-state index contributed by atoms with van der Waals surface area (Å²) in [6.07, 6.45) is 2.70. The number of carboxylic acid groups (broad SMARTS) is 1. The molecular weight excluding hydrogens is 218 g/mol. The molecule has 0 aromatic carbocycles. The number of rotatable bonds is 5. The van der Waals surface area contributed by atoms with Gasteiger partial charge in [0.1, 0.15) is 5.54 Å². The smallest absolute Gasteiger partial charge is 0.323 e. The van der Waals surface area contributed by atoms with Gasteiger partial charge in [-0.25, -0.2) is 0 Å². The first kappa shape index (κ1) is 14.5. The second-order valence-corrected chi connectivity index (χ2v) is 5.49. The van der Waals surface area contributed by atoms with Crippen molar-refractivity contribution < 1.29 is 14.6 Å². The molecule has 4 heteroatoms. The molecule has 4 nitrogen and oxygen atoms in total. The van der Waals surface area contributed by atoms with Crippen molar-refractivity contribution in [2.75, 3.05) is 20.3 Å². The number of hydrogen-bond acceptors (Lipinski definition) is 3. The Bertz CT molecular complexity index is 269. The van der Waals surface area contributed by atoms with E-state index in [1.54, 1.807) is 7.11 Å². The van der Waals surface area contributed by atoms with Crippen LogP contribution < -0.4 is 0 Å². The number of aliphatic carboxylic acids is 1. The Morgan fingerprint density at radius 2 is 2.18 bits per heavy atom. The highest BCUT2D eigenvalue weighted by atomic mass is 16.5. The third-order valence-electron chi connectivity index (χ3n) is 4.03. The van der Waals surface area contributed by atoms with Gasteiger partial charge in [0.05, 0.1) is 0 Å². The van der Waals surface area contributed by atoms with E-state index in [-0.39, 0.29) is 0 Å². The molecule has 0 aromatic heterocycles. The van der Waals surface area contributed by atoms with Crippen LogP contribution in [0.3, 0.4) is 0 Å². The van der Waals surface area contributed by atoms with Gasteiger partial charge in [-0.05, 0) is 45.6 Å². The molecule has 0 bridgehead atoms. The van der Waals surface area contributed by atoms with E-state index < -0.39 is 11.5 Å². The zero-order chi connectivity index (χ0) is 13.1. The number of carbonyl (C=O) groups is 1. The van der Waals surface area contributed by atoms with Crippen LogP contribution in [-0.4, -0.2) is 47.8 Å². The zero-order valence-electron chi connectivity index (χ0n) is 11.4. The first-order valence-corrected chi connectivity index (χ1v) is 6.41. The molecule has 1 rings (SSSR count). The standard InChI is InChI=1S/C13H25NO3/c1-10-5-7-14(11(2)9-10)13(3,12(15)16)6-8-17-4/h10-11H,5-9H2,1-4H3,(H,15,16). The van der Waals surface area contributed by atoms with Crippen molar-refractivity contribution in [3.05, 3.63) is 0 Å². The summed E-state index contributed by atoms with van der Waals surface area (Å²) in [6, 6.07) is 0.330. The number of ether oxygens (including phenoxy) is 1. The summed E-state index contributed by atoms with van der Waals surface area (Å²) in [7, 11) is 1.62. The van der Waals surface area contributed by atoms with Gasteiger partial charge in [-0.1, -0.05) is 6.92 Å². The SMILES string of the molecule is COCCC(C)(C(=O)O)N1CCC(C)CC1C. The highest BCUT2D eigenvalue weighted by molar-refractivity contribution is 5.78. The van der Waals surface area contributed by atoms with E-state index in [0.29, 0.717) is 25.0 Å². The molecule has 3 atom stereocenters. The van der Waals surface area contributed by atoms with Gasteiger partial charge in [0.15, 0.2) is 0 Å². The minimum absolute atomic E-state index is 0.330. The predicted octanol–water partition coefficient (Wildman–Crippen LogP) is 1.99. The Balaban J connectivity index is 2.79. The predicted molar refractivity (Wildman–Crippen MR) is 67.1 cm³/mol. The first-order chi connectivity index (χ1) is 7.91. The summed E-state index contributed by atoms with van der Waals surface area (Å²) in [5.41, 5.74) is -0.796. The Kier molecular flexibility index (Phi) is 4.95. The fraction of sp³-hybridized carbons (Fsp3) is 0.923. The minimum atomic E-state index is -0.796. The minimum Gasteiger partial charge on any atom is -0.480 e. The van der Waals surface area contributed by atoms with E-state index >= 15 is 0 Å². The lowest BCUT2D eigenvalue weighted by Crippen LogP contribution is -2.58. The second kappa shape index (κ2) is 5.83. The van der Waals surface area contributed by atoms with Gasteiger partial charge in [0.2, 0.25) is 0 Å². The summed E-state index contributed by atoms with van der Waals surface area (Å²) < 4.78 is 5.04. The van der Waals surface area contributed by atoms with Crippen LogP contribution in [0.5, 0.6) is 0 Å². The fourth-order valence-electron chi connectivity index (χ4n) is 2.81. The maximum absolute atomic E-state index is 11.6. The number of hydrogen-bond donors (Lipinski definition) is 1. The Morgan fingerprint density at radius 3 is 2.65 bits per heavy atom. The number of carboxylic acids is 1. The van der Waals surface area contributed by atoms with Crippen LogP contribution in [0.1, 0.15) is 40.0 Å². The van der Waals surface area contributed by atoms with E-state index in [2.05, 4.69) is 18.7 Å². The molecule has 17 heavy (non-hydrogen) atoms. The number of nitrogens with zero attached hydrogens (tertiary/aromatic N) is 1. The molecular formula is C13H25NO3. The molecule has 1 saturated heterocycles. The summed E-state index contributed by atoms with van der Waals surface area (Å²) in [5, 5.41) is 9.50. The van der Waals surface area contributed by atoms with Crippen LogP contribution >= 0.6 is 0 Å². The fourth-order valence-corrected chi connectivity index (χ4v) is 2.81. The van der Waals surface area contributed by atoms with E-state index in [1.807, 2.05) is 6.92 Å². The summed E-state index contributed by atoms with van der Waals surface area (Å²) in [4.78, 5) is 13.7. The molecule has 0 amide bonds. The molecule has 0 saturated carbocycles. The maximum Gasteiger partial charge on any atom is 0.323 e. The first-order valence-electron chi connectivity index (χ1n) is 6.41. The lowest BCUT2D eigenvalue weighted by Gasteiger charge is -2.46. The van der Waals surface area contributed by atoms with Crippen molar-refractivity contribution in [1.82, 2.24) is 4.90 Å². The molecule has 0 radical (unpaired) electrons.